The second kappa shape index (κ2) is 4.95. The third-order valence-corrected chi connectivity index (χ3v) is 4.95. The van der Waals surface area contributed by atoms with Crippen molar-refractivity contribution in [2.45, 2.75) is 25.7 Å². The summed E-state index contributed by atoms with van der Waals surface area (Å²) >= 11 is 0. The minimum atomic E-state index is -0.424. The van der Waals surface area contributed by atoms with Gasteiger partial charge in [0.15, 0.2) is 6.29 Å². The van der Waals surface area contributed by atoms with Gasteiger partial charge in [0, 0.05) is 19.3 Å². The Morgan fingerprint density at radius 1 is 1.37 bits per heavy atom. The number of anilines is 1. The highest BCUT2D eigenvalue weighted by atomic mass is 19.1. The molecule has 0 saturated heterocycles. The van der Waals surface area contributed by atoms with E-state index in [2.05, 4.69) is 4.90 Å². The number of nitrogens with zero attached hydrogens (tertiary/aromatic N) is 1. The van der Waals surface area contributed by atoms with Crippen molar-refractivity contribution < 1.29 is 9.18 Å². The average molecular weight is 261 g/mol. The number of benzene rings is 1. The van der Waals surface area contributed by atoms with Gasteiger partial charge in [-0.2, -0.15) is 0 Å². The van der Waals surface area contributed by atoms with Gasteiger partial charge in [-0.15, -0.1) is 0 Å². The molecular weight excluding hydrogens is 241 g/mol. The summed E-state index contributed by atoms with van der Waals surface area (Å²) in [4.78, 5) is 13.1. The number of aldehydes is 1. The first-order valence-electron chi connectivity index (χ1n) is 7.14. The van der Waals surface area contributed by atoms with Crippen LogP contribution in [0.4, 0.5) is 10.1 Å². The number of fused-ring (bicyclic) bond motifs is 2. The predicted molar refractivity (Wildman–Crippen MR) is 74.0 cm³/mol. The largest absolute Gasteiger partial charge is 0.374 e. The smallest absolute Gasteiger partial charge is 0.155 e. The molecular formula is C16H20FNO. The van der Waals surface area contributed by atoms with Crippen LogP contribution < -0.4 is 4.90 Å². The van der Waals surface area contributed by atoms with Crippen LogP contribution in [0.1, 0.15) is 36.0 Å². The average Bonchev–Trinajstić information content (AvgIpc) is 3.00. The Kier molecular flexibility index (Phi) is 3.29. The van der Waals surface area contributed by atoms with Crippen LogP contribution in [-0.2, 0) is 0 Å². The maximum atomic E-state index is 13.6. The van der Waals surface area contributed by atoms with Gasteiger partial charge in [0.05, 0.1) is 5.56 Å². The van der Waals surface area contributed by atoms with E-state index in [9.17, 15) is 9.18 Å². The fraction of sp³-hybridized carbons (Fsp3) is 0.562. The van der Waals surface area contributed by atoms with Crippen LogP contribution in [0.25, 0.3) is 0 Å². The van der Waals surface area contributed by atoms with Crippen LogP contribution in [0.2, 0.25) is 0 Å². The molecule has 2 bridgehead atoms. The van der Waals surface area contributed by atoms with Crippen molar-refractivity contribution in [3.05, 3.63) is 29.6 Å². The molecule has 0 aliphatic heterocycles. The quantitative estimate of drug-likeness (QED) is 0.773. The zero-order valence-electron chi connectivity index (χ0n) is 11.3. The first-order chi connectivity index (χ1) is 9.19. The summed E-state index contributed by atoms with van der Waals surface area (Å²) in [5, 5.41) is 0. The van der Waals surface area contributed by atoms with Crippen molar-refractivity contribution in [3.63, 3.8) is 0 Å². The van der Waals surface area contributed by atoms with E-state index in [0.29, 0.717) is 12.2 Å². The lowest BCUT2D eigenvalue weighted by Gasteiger charge is -2.29. The first-order valence-corrected chi connectivity index (χ1v) is 7.14. The van der Waals surface area contributed by atoms with E-state index >= 15 is 0 Å². The van der Waals surface area contributed by atoms with Crippen LogP contribution in [-0.4, -0.2) is 19.9 Å². The fourth-order valence-electron chi connectivity index (χ4n) is 4.03. The standard InChI is InChI=1S/C16H20FNO/c1-18(9-13-8-11-5-6-12(13)7-11)16-4-2-3-15(17)14(16)10-19/h2-4,10-13H,5-9H2,1H3. The van der Waals surface area contributed by atoms with Crippen LogP contribution in [0.5, 0.6) is 0 Å². The molecule has 102 valence electrons. The zero-order chi connectivity index (χ0) is 13.4. The number of carbonyl (C=O) groups is 1. The maximum absolute atomic E-state index is 13.6. The van der Waals surface area contributed by atoms with Crippen molar-refractivity contribution in [1.82, 2.24) is 0 Å². The lowest BCUT2D eigenvalue weighted by atomic mass is 9.88. The molecule has 2 fully saturated rings. The molecule has 3 unspecified atom stereocenters. The summed E-state index contributed by atoms with van der Waals surface area (Å²) in [7, 11) is 1.97. The molecule has 0 N–H and O–H groups in total. The van der Waals surface area contributed by atoms with E-state index in [1.54, 1.807) is 6.07 Å². The minimum absolute atomic E-state index is 0.188. The Labute approximate surface area is 113 Å². The molecule has 2 nitrogen and oxygen atoms in total. The Hall–Kier alpha value is -1.38. The van der Waals surface area contributed by atoms with Gasteiger partial charge in [-0.05, 0) is 49.1 Å². The molecule has 2 aliphatic rings. The lowest BCUT2D eigenvalue weighted by Crippen LogP contribution is -2.29. The summed E-state index contributed by atoms with van der Waals surface area (Å²) in [6.45, 7) is 0.936. The Bertz CT molecular complexity index is 488. The van der Waals surface area contributed by atoms with Gasteiger partial charge in [0.2, 0.25) is 0 Å². The highest BCUT2D eigenvalue weighted by Gasteiger charge is 2.39. The third kappa shape index (κ3) is 2.26. The van der Waals surface area contributed by atoms with Gasteiger partial charge in [-0.1, -0.05) is 12.5 Å². The van der Waals surface area contributed by atoms with E-state index in [1.807, 2.05) is 13.1 Å². The number of halogens is 1. The number of rotatable bonds is 4. The molecule has 19 heavy (non-hydrogen) atoms. The van der Waals surface area contributed by atoms with Crippen molar-refractivity contribution in [1.29, 1.82) is 0 Å². The number of hydrogen-bond acceptors (Lipinski definition) is 2. The van der Waals surface area contributed by atoms with E-state index in [0.717, 1.165) is 24.1 Å². The van der Waals surface area contributed by atoms with Crippen LogP contribution in [0.3, 0.4) is 0 Å². The van der Waals surface area contributed by atoms with E-state index in [4.69, 9.17) is 0 Å². The van der Waals surface area contributed by atoms with E-state index in [-0.39, 0.29) is 5.56 Å². The predicted octanol–water partition coefficient (Wildman–Crippen LogP) is 3.51. The van der Waals surface area contributed by atoms with Crippen LogP contribution in [0.15, 0.2) is 18.2 Å². The second-order valence-electron chi connectivity index (χ2n) is 6.11. The topological polar surface area (TPSA) is 20.3 Å². The van der Waals surface area contributed by atoms with Crippen molar-refractivity contribution >= 4 is 12.0 Å². The number of carbonyl (C=O) groups excluding carboxylic acids is 1. The summed E-state index contributed by atoms with van der Waals surface area (Å²) in [5.74, 6) is 2.06. The molecule has 2 saturated carbocycles. The zero-order valence-corrected chi connectivity index (χ0v) is 11.3. The molecule has 2 aliphatic carbocycles. The van der Waals surface area contributed by atoms with Crippen molar-refractivity contribution in [2.24, 2.45) is 17.8 Å². The normalized spacial score (nSPS) is 28.6. The van der Waals surface area contributed by atoms with Crippen LogP contribution in [0, 0.1) is 23.6 Å². The molecule has 0 heterocycles. The summed E-state index contributed by atoms with van der Waals surface area (Å²) in [6, 6.07) is 4.85. The second-order valence-corrected chi connectivity index (χ2v) is 6.11. The molecule has 3 rings (SSSR count). The Morgan fingerprint density at radius 3 is 2.84 bits per heavy atom. The van der Waals surface area contributed by atoms with E-state index in [1.165, 1.54) is 31.7 Å². The highest BCUT2D eigenvalue weighted by Crippen LogP contribution is 2.48. The summed E-state index contributed by atoms with van der Waals surface area (Å²) in [5.41, 5.74) is 0.908. The van der Waals surface area contributed by atoms with Crippen molar-refractivity contribution in [3.8, 4) is 0 Å². The highest BCUT2D eigenvalue weighted by molar-refractivity contribution is 5.84. The summed E-state index contributed by atoms with van der Waals surface area (Å²) in [6.07, 6.45) is 6.06. The SMILES string of the molecule is CN(CC1CC2CCC1C2)c1cccc(F)c1C=O. The minimum Gasteiger partial charge on any atom is -0.374 e. The first kappa shape index (κ1) is 12.6. The molecule has 0 amide bonds. The third-order valence-electron chi connectivity index (χ3n) is 4.95. The molecule has 1 aromatic carbocycles. The fourth-order valence-corrected chi connectivity index (χ4v) is 4.03. The molecule has 0 spiro atoms. The number of hydrogen-bond donors (Lipinski definition) is 0. The van der Waals surface area contributed by atoms with Gasteiger partial charge in [-0.25, -0.2) is 4.39 Å². The van der Waals surface area contributed by atoms with Crippen molar-refractivity contribution in [2.75, 3.05) is 18.5 Å². The van der Waals surface area contributed by atoms with E-state index < -0.39 is 5.82 Å². The lowest BCUT2D eigenvalue weighted by molar-refractivity contribution is 0.112. The van der Waals surface area contributed by atoms with Gasteiger partial charge in [0.25, 0.3) is 0 Å². The monoisotopic (exact) mass is 261 g/mol. The Morgan fingerprint density at radius 2 is 2.21 bits per heavy atom. The van der Waals surface area contributed by atoms with Gasteiger partial charge in [-0.3, -0.25) is 4.79 Å². The maximum Gasteiger partial charge on any atom is 0.155 e. The van der Waals surface area contributed by atoms with Gasteiger partial charge in [0.1, 0.15) is 5.82 Å². The van der Waals surface area contributed by atoms with Gasteiger partial charge >= 0.3 is 0 Å². The molecule has 1 aromatic rings. The van der Waals surface area contributed by atoms with Gasteiger partial charge < -0.3 is 4.90 Å². The molecule has 3 heteroatoms. The van der Waals surface area contributed by atoms with Crippen LogP contribution >= 0.6 is 0 Å². The Balaban J connectivity index is 1.75. The molecule has 0 aromatic heterocycles. The molecule has 3 atom stereocenters. The molecule has 0 radical (unpaired) electrons. The summed E-state index contributed by atoms with van der Waals surface area (Å²) < 4.78 is 13.6.